The van der Waals surface area contributed by atoms with Crippen molar-refractivity contribution in [2.24, 2.45) is 0 Å². The Hall–Kier alpha value is -4.31. The van der Waals surface area contributed by atoms with Gasteiger partial charge in [-0.2, -0.15) is 0 Å². The number of H-pyrrole nitrogens is 1. The Morgan fingerprint density at radius 1 is 0.829 bits per heavy atom. The maximum atomic E-state index is 13.5. The van der Waals surface area contributed by atoms with E-state index in [0.29, 0.717) is 35.8 Å². The third-order valence-electron chi connectivity index (χ3n) is 7.44. The summed E-state index contributed by atoms with van der Waals surface area (Å²) in [5.74, 6) is 1.20. The van der Waals surface area contributed by atoms with E-state index in [0.717, 1.165) is 43.3 Å². The molecule has 0 aliphatic carbocycles. The number of rotatable bonds is 6. The van der Waals surface area contributed by atoms with E-state index in [1.54, 1.807) is 14.2 Å². The number of ether oxygens (including phenoxy) is 2. The fourth-order valence-corrected chi connectivity index (χ4v) is 5.56. The van der Waals surface area contributed by atoms with Crippen LogP contribution in [0.15, 0.2) is 84.9 Å². The van der Waals surface area contributed by atoms with Crippen molar-refractivity contribution in [3.8, 4) is 22.6 Å². The van der Waals surface area contributed by atoms with E-state index < -0.39 is 0 Å². The molecule has 4 aromatic carbocycles. The number of fused-ring (bicyclic) bond motifs is 2. The first-order valence-electron chi connectivity index (χ1n) is 13.2. The molecule has 1 aliphatic rings. The van der Waals surface area contributed by atoms with Crippen molar-refractivity contribution in [3.05, 3.63) is 111 Å². The molecule has 6 rings (SSSR count). The quantitative estimate of drug-likeness (QED) is 0.195. The molecule has 7 nitrogen and oxygen atoms in total. The van der Waals surface area contributed by atoms with Gasteiger partial charge in [-0.15, -0.1) is 0 Å². The summed E-state index contributed by atoms with van der Waals surface area (Å²) in [7, 11) is 3.25. The van der Waals surface area contributed by atoms with Crippen LogP contribution in [0.2, 0.25) is 0 Å². The molecule has 2 N–H and O–H groups in total. The Labute approximate surface area is 251 Å². The Morgan fingerprint density at radius 2 is 1.51 bits per heavy atom. The maximum Gasteiger partial charge on any atom is 0.270 e. The first-order valence-corrected chi connectivity index (χ1v) is 14.3. The van der Waals surface area contributed by atoms with E-state index in [2.05, 4.69) is 39.0 Å². The third-order valence-corrected chi connectivity index (χ3v) is 8.16. The lowest BCUT2D eigenvalue weighted by Crippen LogP contribution is -2.36. The lowest BCUT2D eigenvalue weighted by Gasteiger charge is -2.29. The van der Waals surface area contributed by atoms with Gasteiger partial charge in [0.25, 0.3) is 11.8 Å². The van der Waals surface area contributed by atoms with Crippen molar-refractivity contribution in [2.45, 2.75) is 13.0 Å². The molecule has 0 fully saturated rings. The second kappa shape index (κ2) is 11.3. The van der Waals surface area contributed by atoms with E-state index in [4.69, 9.17) is 9.47 Å². The first-order chi connectivity index (χ1) is 19.9. The van der Waals surface area contributed by atoms with Crippen LogP contribution in [0.4, 0.5) is 5.69 Å². The number of amides is 2. The number of methoxy groups -OCH3 is 2. The van der Waals surface area contributed by atoms with Gasteiger partial charge in [0.1, 0.15) is 5.69 Å². The minimum Gasteiger partial charge on any atom is -0.493 e. The SMILES string of the molecule is COc1cc2c(cc1OC)CN(C(=O)c1cc3cc(-c4ccc(NC(=O)c5ccc(I)cc5)cc4)ccc3[nH]1)CC2. The Kier molecular flexibility index (Phi) is 7.40. The molecular formula is C33H28IN3O4. The predicted molar refractivity (Wildman–Crippen MR) is 169 cm³/mol. The van der Waals surface area contributed by atoms with Crippen LogP contribution < -0.4 is 14.8 Å². The molecule has 41 heavy (non-hydrogen) atoms. The van der Waals surface area contributed by atoms with E-state index in [1.807, 2.05) is 83.8 Å². The highest BCUT2D eigenvalue weighted by Gasteiger charge is 2.25. The van der Waals surface area contributed by atoms with Crippen LogP contribution in [-0.4, -0.2) is 42.5 Å². The van der Waals surface area contributed by atoms with E-state index in [1.165, 1.54) is 5.56 Å². The van der Waals surface area contributed by atoms with Gasteiger partial charge in [0.05, 0.1) is 14.2 Å². The third kappa shape index (κ3) is 5.52. The number of aromatic nitrogens is 1. The normalized spacial score (nSPS) is 12.6. The van der Waals surface area contributed by atoms with Crippen molar-refractivity contribution >= 4 is 51.0 Å². The zero-order valence-corrected chi connectivity index (χ0v) is 24.8. The summed E-state index contributed by atoms with van der Waals surface area (Å²) in [6, 6.07) is 27.2. The van der Waals surface area contributed by atoms with Gasteiger partial charge >= 0.3 is 0 Å². The molecule has 0 spiro atoms. The molecule has 0 unspecified atom stereocenters. The van der Waals surface area contributed by atoms with Crippen molar-refractivity contribution < 1.29 is 19.1 Å². The highest BCUT2D eigenvalue weighted by atomic mass is 127. The lowest BCUT2D eigenvalue weighted by molar-refractivity contribution is 0.0729. The number of hydrogen-bond donors (Lipinski definition) is 2. The van der Waals surface area contributed by atoms with Crippen LogP contribution in [0.1, 0.15) is 32.0 Å². The number of hydrogen-bond acceptors (Lipinski definition) is 4. The number of nitrogens with zero attached hydrogens (tertiary/aromatic N) is 1. The topological polar surface area (TPSA) is 83.7 Å². The highest BCUT2D eigenvalue weighted by Crippen LogP contribution is 2.34. The van der Waals surface area contributed by atoms with Gasteiger partial charge in [-0.3, -0.25) is 9.59 Å². The summed E-state index contributed by atoms with van der Waals surface area (Å²) in [6.07, 6.45) is 0.757. The Morgan fingerprint density at radius 3 is 2.22 bits per heavy atom. The zero-order valence-electron chi connectivity index (χ0n) is 22.7. The second-order valence-electron chi connectivity index (χ2n) is 9.98. The van der Waals surface area contributed by atoms with Gasteiger partial charge < -0.3 is 24.7 Å². The monoisotopic (exact) mass is 657 g/mol. The van der Waals surface area contributed by atoms with Gasteiger partial charge in [-0.25, -0.2) is 0 Å². The molecule has 206 valence electrons. The average molecular weight is 658 g/mol. The molecule has 1 aliphatic heterocycles. The Balaban J connectivity index is 1.17. The summed E-state index contributed by atoms with van der Waals surface area (Å²) >= 11 is 2.22. The smallest absolute Gasteiger partial charge is 0.270 e. The van der Waals surface area contributed by atoms with Gasteiger partial charge in [0, 0.05) is 38.8 Å². The van der Waals surface area contributed by atoms with Gasteiger partial charge in [0.15, 0.2) is 11.5 Å². The fraction of sp³-hybridized carbons (Fsp3) is 0.152. The second-order valence-corrected chi connectivity index (χ2v) is 11.2. The summed E-state index contributed by atoms with van der Waals surface area (Å²) in [4.78, 5) is 31.2. The predicted octanol–water partition coefficient (Wildman–Crippen LogP) is 6.91. The van der Waals surface area contributed by atoms with Crippen LogP contribution in [0.25, 0.3) is 22.0 Å². The van der Waals surface area contributed by atoms with Crippen LogP contribution in [-0.2, 0) is 13.0 Å². The Bertz CT molecular complexity index is 1760. The standard InChI is InChI=1S/C33H28IN3O4/c1-40-30-17-23-13-14-37(19-25(23)18-31(30)41-2)33(39)29-16-24-15-22(7-12-28(24)36-29)20-5-10-27(11-6-20)35-32(38)21-3-8-26(34)9-4-21/h3-12,15-18,36H,13-14,19H2,1-2H3,(H,35,38). The molecule has 0 radical (unpaired) electrons. The van der Waals surface area contributed by atoms with Crippen molar-refractivity contribution in [1.82, 2.24) is 9.88 Å². The van der Waals surface area contributed by atoms with Gasteiger partial charge in [-0.05, 0) is 118 Å². The highest BCUT2D eigenvalue weighted by molar-refractivity contribution is 14.1. The minimum atomic E-state index is -0.142. The number of anilines is 1. The van der Waals surface area contributed by atoms with E-state index in [9.17, 15) is 9.59 Å². The van der Waals surface area contributed by atoms with E-state index >= 15 is 0 Å². The van der Waals surface area contributed by atoms with Gasteiger partial charge in [-0.1, -0.05) is 18.2 Å². The van der Waals surface area contributed by atoms with Crippen molar-refractivity contribution in [3.63, 3.8) is 0 Å². The molecule has 0 saturated carbocycles. The minimum absolute atomic E-state index is 0.0311. The fourth-order valence-electron chi connectivity index (χ4n) is 5.20. The molecule has 0 bridgehead atoms. The number of nitrogens with one attached hydrogen (secondary N) is 2. The molecule has 0 saturated heterocycles. The van der Waals surface area contributed by atoms with Crippen molar-refractivity contribution in [1.29, 1.82) is 0 Å². The number of benzene rings is 4. The molecule has 1 aromatic heterocycles. The summed E-state index contributed by atoms with van der Waals surface area (Å²) < 4.78 is 12.0. The maximum absolute atomic E-state index is 13.5. The molecule has 2 heterocycles. The molecule has 8 heteroatoms. The number of carbonyl (C=O) groups is 2. The molecular weight excluding hydrogens is 629 g/mol. The van der Waals surface area contributed by atoms with E-state index in [-0.39, 0.29) is 11.8 Å². The number of halogens is 1. The molecule has 5 aromatic rings. The molecule has 0 atom stereocenters. The van der Waals surface area contributed by atoms with Crippen LogP contribution >= 0.6 is 22.6 Å². The number of carbonyl (C=O) groups excluding carboxylic acids is 2. The number of aromatic amines is 1. The summed E-state index contributed by atoms with van der Waals surface area (Å²) in [5, 5.41) is 3.91. The van der Waals surface area contributed by atoms with Gasteiger partial charge in [0.2, 0.25) is 0 Å². The van der Waals surface area contributed by atoms with Crippen LogP contribution in [0.5, 0.6) is 11.5 Å². The van der Waals surface area contributed by atoms with Crippen LogP contribution in [0, 0.1) is 3.57 Å². The molecule has 2 amide bonds. The van der Waals surface area contributed by atoms with Crippen LogP contribution in [0.3, 0.4) is 0 Å². The lowest BCUT2D eigenvalue weighted by atomic mass is 9.98. The largest absolute Gasteiger partial charge is 0.493 e. The average Bonchev–Trinajstić information content (AvgIpc) is 3.44. The zero-order chi connectivity index (χ0) is 28.5. The first kappa shape index (κ1) is 26.9. The summed E-state index contributed by atoms with van der Waals surface area (Å²) in [6.45, 7) is 1.15. The summed E-state index contributed by atoms with van der Waals surface area (Å²) in [5.41, 5.74) is 7.10. The van der Waals surface area contributed by atoms with Crippen molar-refractivity contribution in [2.75, 3.05) is 26.1 Å².